The minimum absolute atomic E-state index is 0.0378. The third kappa shape index (κ3) is 7.05. The van der Waals surface area contributed by atoms with Crippen LogP contribution in [0, 0.1) is 0 Å². The van der Waals surface area contributed by atoms with Gasteiger partial charge in [-0.25, -0.2) is 9.19 Å². The number of rotatable bonds is 11. The van der Waals surface area contributed by atoms with Gasteiger partial charge in [0.25, 0.3) is 0 Å². The summed E-state index contributed by atoms with van der Waals surface area (Å²) in [4.78, 5) is 18.7. The van der Waals surface area contributed by atoms with Gasteiger partial charge in [-0.15, -0.1) is 22.7 Å². The molecule has 0 saturated carbocycles. The van der Waals surface area contributed by atoms with E-state index in [1.165, 1.54) is 0 Å². The molecule has 2 N–H and O–H groups in total. The van der Waals surface area contributed by atoms with Gasteiger partial charge in [-0.3, -0.25) is 10.3 Å². The molecule has 4 rings (SSSR count). The summed E-state index contributed by atoms with van der Waals surface area (Å²) in [6, 6.07) is 20.8. The number of aromatic nitrogens is 1. The van der Waals surface area contributed by atoms with Crippen LogP contribution < -0.4 is 10.8 Å². The maximum absolute atomic E-state index is 12.8. The van der Waals surface area contributed by atoms with Crippen molar-refractivity contribution in [2.24, 2.45) is 0 Å². The van der Waals surface area contributed by atoms with Gasteiger partial charge in [-0.05, 0) is 47.5 Å². The standard InChI is InChI=1S/C24H23N3O4S3/c28-23(13-10-17-5-2-1-3-6-17)25-20(21-16-33-24(26-21)22-7-4-14-32-22)15-18-8-11-19(12-9-18)27-31-34(29)30/h1-9,11-12,14,16,20,27H,10,13,15H2,(H,25,28)(H,29,30)/p-1/t20-/m0/s1. The second kappa shape index (κ2) is 12.0. The average molecular weight is 513 g/mol. The normalized spacial score (nSPS) is 12.7. The van der Waals surface area contributed by atoms with Crippen molar-refractivity contribution >= 4 is 45.6 Å². The lowest BCUT2D eigenvalue weighted by Gasteiger charge is -2.18. The van der Waals surface area contributed by atoms with Crippen molar-refractivity contribution < 1.29 is 17.8 Å². The van der Waals surface area contributed by atoms with E-state index in [0.29, 0.717) is 24.9 Å². The van der Waals surface area contributed by atoms with Gasteiger partial charge in [0.2, 0.25) is 5.91 Å². The van der Waals surface area contributed by atoms with Crippen LogP contribution >= 0.6 is 22.7 Å². The highest BCUT2D eigenvalue weighted by Gasteiger charge is 2.19. The van der Waals surface area contributed by atoms with Crippen molar-refractivity contribution in [2.75, 3.05) is 5.48 Å². The summed E-state index contributed by atoms with van der Waals surface area (Å²) in [7, 11) is 0. The van der Waals surface area contributed by atoms with Crippen LogP contribution in [0.4, 0.5) is 5.69 Å². The molecule has 2 aromatic heterocycles. The first-order valence-electron chi connectivity index (χ1n) is 10.5. The minimum atomic E-state index is -2.65. The van der Waals surface area contributed by atoms with Crippen molar-refractivity contribution in [3.05, 3.63) is 94.3 Å². The fourth-order valence-electron chi connectivity index (χ4n) is 3.38. The lowest BCUT2D eigenvalue weighted by molar-refractivity contribution is -0.121. The van der Waals surface area contributed by atoms with Crippen molar-refractivity contribution in [1.29, 1.82) is 0 Å². The molecule has 0 fully saturated rings. The summed E-state index contributed by atoms with van der Waals surface area (Å²) in [5.41, 5.74) is 5.75. The van der Waals surface area contributed by atoms with Crippen molar-refractivity contribution in [3.63, 3.8) is 0 Å². The summed E-state index contributed by atoms with van der Waals surface area (Å²) >= 11 is 0.535. The van der Waals surface area contributed by atoms with E-state index >= 15 is 0 Å². The van der Waals surface area contributed by atoms with Crippen LogP contribution in [-0.4, -0.2) is 19.7 Å². The minimum Gasteiger partial charge on any atom is -0.748 e. The molecule has 1 amide bonds. The number of thiophene rings is 1. The number of anilines is 1. The number of thiazole rings is 1. The van der Waals surface area contributed by atoms with Gasteiger partial charge < -0.3 is 9.87 Å². The number of nitrogens with zero attached hydrogens (tertiary/aromatic N) is 1. The molecule has 0 spiro atoms. The zero-order valence-electron chi connectivity index (χ0n) is 18.0. The van der Waals surface area contributed by atoms with Crippen molar-refractivity contribution in [3.8, 4) is 9.88 Å². The molecule has 0 bridgehead atoms. The fraction of sp³-hybridized carbons (Fsp3) is 0.167. The summed E-state index contributed by atoms with van der Waals surface area (Å²) in [5.74, 6) is -0.0378. The number of amides is 1. The number of benzene rings is 2. The third-order valence-electron chi connectivity index (χ3n) is 5.05. The Morgan fingerprint density at radius 3 is 2.53 bits per heavy atom. The van der Waals surface area contributed by atoms with Crippen molar-refractivity contribution in [2.45, 2.75) is 25.3 Å². The molecule has 2 aromatic carbocycles. The zero-order chi connectivity index (χ0) is 23.8. The molecule has 10 heteroatoms. The second-order valence-corrected chi connectivity index (χ2v) is 9.83. The van der Waals surface area contributed by atoms with Gasteiger partial charge >= 0.3 is 0 Å². The van der Waals surface area contributed by atoms with E-state index in [2.05, 4.69) is 15.1 Å². The second-order valence-electron chi connectivity index (χ2n) is 7.45. The Labute approximate surface area is 208 Å². The van der Waals surface area contributed by atoms with Crippen LogP contribution in [0.5, 0.6) is 0 Å². The Bertz CT molecular complexity index is 1210. The van der Waals surface area contributed by atoms with Crippen LogP contribution in [0.1, 0.15) is 29.3 Å². The maximum Gasteiger partial charge on any atom is 0.220 e. The molecule has 176 valence electrons. The molecule has 0 aliphatic heterocycles. The Kier molecular flexibility index (Phi) is 8.56. The van der Waals surface area contributed by atoms with Gasteiger partial charge in [0, 0.05) is 11.8 Å². The average Bonchev–Trinajstić information content (AvgIpc) is 3.55. The summed E-state index contributed by atoms with van der Waals surface area (Å²) in [5, 5.41) is 8.08. The number of hydrogen-bond acceptors (Lipinski definition) is 8. The highest BCUT2D eigenvalue weighted by atomic mass is 32.2. The van der Waals surface area contributed by atoms with Crippen molar-refractivity contribution in [1.82, 2.24) is 10.3 Å². The van der Waals surface area contributed by atoms with Crippen LogP contribution in [-0.2, 0) is 33.3 Å². The number of carbonyl (C=O) groups is 1. The molecule has 0 aliphatic rings. The number of nitrogens with one attached hydrogen (secondary N) is 2. The maximum atomic E-state index is 12.8. The molecule has 7 nitrogen and oxygen atoms in total. The molecular formula is C24H22N3O4S3-. The highest BCUT2D eigenvalue weighted by Crippen LogP contribution is 2.31. The van der Waals surface area contributed by atoms with Crippen LogP contribution in [0.15, 0.2) is 77.5 Å². The van der Waals surface area contributed by atoms with E-state index in [0.717, 1.165) is 26.7 Å². The number of hydrogen-bond donors (Lipinski definition) is 2. The summed E-state index contributed by atoms with van der Waals surface area (Å²) in [6.45, 7) is 0. The molecule has 0 saturated heterocycles. The summed E-state index contributed by atoms with van der Waals surface area (Å²) < 4.78 is 25.5. The molecule has 4 aromatic rings. The topological polar surface area (TPSA) is 103 Å². The van der Waals surface area contributed by atoms with Crippen LogP contribution in [0.3, 0.4) is 0 Å². The molecular weight excluding hydrogens is 490 g/mol. The smallest absolute Gasteiger partial charge is 0.220 e. The van der Waals surface area contributed by atoms with Crippen LogP contribution in [0.2, 0.25) is 0 Å². The quantitative estimate of drug-likeness (QED) is 0.216. The summed E-state index contributed by atoms with van der Waals surface area (Å²) in [6.07, 6.45) is 1.59. The first-order valence-corrected chi connectivity index (χ1v) is 13.3. The van der Waals surface area contributed by atoms with E-state index in [1.807, 2.05) is 65.4 Å². The lowest BCUT2D eigenvalue weighted by Crippen LogP contribution is -2.30. The van der Waals surface area contributed by atoms with Gasteiger partial charge in [0.05, 0.1) is 22.3 Å². The molecule has 0 aliphatic carbocycles. The third-order valence-corrected chi connectivity index (χ3v) is 7.17. The largest absolute Gasteiger partial charge is 0.748 e. The lowest BCUT2D eigenvalue weighted by atomic mass is 10.0. The van der Waals surface area contributed by atoms with E-state index in [9.17, 15) is 13.6 Å². The number of aryl methyl sites for hydroxylation is 1. The van der Waals surface area contributed by atoms with E-state index in [-0.39, 0.29) is 11.9 Å². The van der Waals surface area contributed by atoms with E-state index in [1.54, 1.807) is 34.8 Å². The Morgan fingerprint density at radius 2 is 1.82 bits per heavy atom. The van der Waals surface area contributed by atoms with Gasteiger partial charge in [-0.1, -0.05) is 48.5 Å². The Hall–Kier alpha value is -2.89. The molecule has 1 unspecified atom stereocenters. The van der Waals surface area contributed by atoms with E-state index in [4.69, 9.17) is 4.98 Å². The van der Waals surface area contributed by atoms with E-state index < -0.39 is 11.4 Å². The van der Waals surface area contributed by atoms with Gasteiger partial charge in [-0.2, -0.15) is 4.28 Å². The molecule has 34 heavy (non-hydrogen) atoms. The molecule has 2 heterocycles. The number of carbonyl (C=O) groups excluding carboxylic acids is 1. The monoisotopic (exact) mass is 512 g/mol. The Balaban J connectivity index is 1.47. The zero-order valence-corrected chi connectivity index (χ0v) is 20.5. The Morgan fingerprint density at radius 1 is 1.03 bits per heavy atom. The predicted octanol–water partition coefficient (Wildman–Crippen LogP) is 5.04. The van der Waals surface area contributed by atoms with Crippen LogP contribution in [0.25, 0.3) is 9.88 Å². The fourth-order valence-corrected chi connectivity index (χ4v) is 5.24. The SMILES string of the molecule is O=C(CCc1ccccc1)N[C@@H](Cc1ccc(NOS(=O)[O-])cc1)c1csc(-c2cccs2)n1. The first kappa shape index (κ1) is 24.2. The molecule has 0 radical (unpaired) electrons. The molecule has 2 atom stereocenters. The van der Waals surface area contributed by atoms with Gasteiger partial charge in [0.15, 0.2) is 0 Å². The highest BCUT2D eigenvalue weighted by molar-refractivity contribution is 7.74. The predicted molar refractivity (Wildman–Crippen MR) is 135 cm³/mol. The first-order chi connectivity index (χ1) is 16.6. The van der Waals surface area contributed by atoms with Gasteiger partial charge in [0.1, 0.15) is 16.4 Å².